The second-order valence-electron chi connectivity index (χ2n) is 7.43. The summed E-state index contributed by atoms with van der Waals surface area (Å²) in [4.78, 5) is 24.1. The molecule has 3 rings (SSSR count). The summed E-state index contributed by atoms with van der Waals surface area (Å²) in [6, 6.07) is 21.7. The van der Waals surface area contributed by atoms with E-state index >= 15 is 0 Å². The van der Waals surface area contributed by atoms with Crippen molar-refractivity contribution < 1.29 is 19.1 Å². The Kier molecular flexibility index (Phi) is 9.61. The molecule has 0 aromatic heterocycles. The number of benzene rings is 3. The minimum atomic E-state index is -0.235. The van der Waals surface area contributed by atoms with Crippen molar-refractivity contribution >= 4 is 40.5 Å². The first-order valence-corrected chi connectivity index (χ1v) is 11.4. The van der Waals surface area contributed by atoms with Crippen LogP contribution in [0.4, 0.5) is 17.1 Å². The van der Waals surface area contributed by atoms with E-state index in [-0.39, 0.29) is 18.4 Å². The van der Waals surface area contributed by atoms with Crippen LogP contribution < -0.4 is 25.4 Å². The Bertz CT molecular complexity index is 1080. The molecule has 0 aliphatic carbocycles. The molecule has 2 amide bonds. The molecule has 8 heteroatoms. The fourth-order valence-corrected chi connectivity index (χ4v) is 3.22. The first-order valence-electron chi connectivity index (χ1n) is 11.1. The lowest BCUT2D eigenvalue weighted by Crippen LogP contribution is -2.22. The van der Waals surface area contributed by atoms with Crippen LogP contribution in [-0.2, 0) is 9.59 Å². The SMILES string of the molecule is CCCC(=O)Nc1ccc(Cl)c(NCC(=O)Nc2ccc(OCCOc3ccccc3)cc2)c1. The number of hydrogen-bond donors (Lipinski definition) is 3. The van der Waals surface area contributed by atoms with Gasteiger partial charge in [-0.05, 0) is 61.0 Å². The molecule has 0 fully saturated rings. The van der Waals surface area contributed by atoms with Crippen molar-refractivity contribution in [1.29, 1.82) is 0 Å². The van der Waals surface area contributed by atoms with E-state index in [9.17, 15) is 9.59 Å². The van der Waals surface area contributed by atoms with Gasteiger partial charge in [0.15, 0.2) is 0 Å². The number of halogens is 1. The van der Waals surface area contributed by atoms with Gasteiger partial charge in [-0.2, -0.15) is 0 Å². The van der Waals surface area contributed by atoms with Crippen LogP contribution in [0.2, 0.25) is 5.02 Å². The van der Waals surface area contributed by atoms with Gasteiger partial charge in [-0.1, -0.05) is 36.7 Å². The Morgan fingerprint density at radius 3 is 2.09 bits per heavy atom. The molecule has 3 aromatic rings. The molecule has 0 heterocycles. The number of ether oxygens (including phenoxy) is 2. The second-order valence-corrected chi connectivity index (χ2v) is 7.84. The Balaban J connectivity index is 1.42. The van der Waals surface area contributed by atoms with E-state index in [1.807, 2.05) is 37.3 Å². The van der Waals surface area contributed by atoms with Gasteiger partial charge >= 0.3 is 0 Å². The fourth-order valence-electron chi connectivity index (χ4n) is 3.04. The first-order chi connectivity index (χ1) is 16.5. The average molecular weight is 482 g/mol. The van der Waals surface area contributed by atoms with E-state index in [4.69, 9.17) is 21.1 Å². The van der Waals surface area contributed by atoms with Crippen LogP contribution in [-0.4, -0.2) is 31.6 Å². The maximum Gasteiger partial charge on any atom is 0.243 e. The Hall–Kier alpha value is -3.71. The molecular formula is C26H28ClN3O4. The number of carbonyl (C=O) groups excluding carboxylic acids is 2. The Labute approximate surface area is 204 Å². The third kappa shape index (κ3) is 8.33. The zero-order chi connectivity index (χ0) is 24.2. The fraction of sp³-hybridized carbons (Fsp3) is 0.231. The highest BCUT2D eigenvalue weighted by molar-refractivity contribution is 6.33. The average Bonchev–Trinajstić information content (AvgIpc) is 2.84. The van der Waals surface area contributed by atoms with E-state index in [0.29, 0.717) is 47.5 Å². The van der Waals surface area contributed by atoms with Crippen molar-refractivity contribution in [2.75, 3.05) is 35.7 Å². The van der Waals surface area contributed by atoms with Gasteiger partial charge in [0.1, 0.15) is 24.7 Å². The molecule has 0 bridgehead atoms. The van der Waals surface area contributed by atoms with Gasteiger partial charge in [-0.3, -0.25) is 9.59 Å². The van der Waals surface area contributed by atoms with Gasteiger partial charge in [-0.25, -0.2) is 0 Å². The summed E-state index contributed by atoms with van der Waals surface area (Å²) < 4.78 is 11.3. The number of amides is 2. The number of rotatable bonds is 12. The van der Waals surface area contributed by atoms with E-state index in [1.165, 1.54) is 0 Å². The van der Waals surface area contributed by atoms with Crippen LogP contribution in [0.3, 0.4) is 0 Å². The van der Waals surface area contributed by atoms with Gasteiger partial charge in [0.25, 0.3) is 0 Å². The highest BCUT2D eigenvalue weighted by Crippen LogP contribution is 2.25. The molecule has 0 unspecified atom stereocenters. The molecule has 0 aliphatic rings. The third-order valence-electron chi connectivity index (χ3n) is 4.67. The molecule has 34 heavy (non-hydrogen) atoms. The molecule has 0 aliphatic heterocycles. The highest BCUT2D eigenvalue weighted by atomic mass is 35.5. The van der Waals surface area contributed by atoms with Crippen LogP contribution in [0.1, 0.15) is 19.8 Å². The molecule has 7 nitrogen and oxygen atoms in total. The van der Waals surface area contributed by atoms with Crippen molar-refractivity contribution in [3.63, 3.8) is 0 Å². The standard InChI is InChI=1S/C26H28ClN3O4/c1-2-6-25(31)30-20-11-14-23(27)24(17-20)28-18-26(32)29-19-9-12-22(13-10-19)34-16-15-33-21-7-4-3-5-8-21/h3-5,7-14,17,28H,2,6,15-16,18H2,1H3,(H,29,32)(H,30,31). The van der Waals surface area contributed by atoms with Gasteiger partial charge in [0.2, 0.25) is 11.8 Å². The van der Waals surface area contributed by atoms with Crippen LogP contribution >= 0.6 is 11.6 Å². The van der Waals surface area contributed by atoms with E-state index < -0.39 is 0 Å². The number of anilines is 3. The van der Waals surface area contributed by atoms with E-state index in [2.05, 4.69) is 16.0 Å². The minimum Gasteiger partial charge on any atom is -0.490 e. The van der Waals surface area contributed by atoms with Crippen LogP contribution in [0.25, 0.3) is 0 Å². The molecule has 0 saturated carbocycles. The molecule has 0 atom stereocenters. The maximum atomic E-state index is 12.3. The predicted molar refractivity (Wildman–Crippen MR) is 136 cm³/mol. The molecule has 0 radical (unpaired) electrons. The van der Waals surface area contributed by atoms with Gasteiger partial charge in [-0.15, -0.1) is 0 Å². The van der Waals surface area contributed by atoms with Crippen molar-refractivity contribution in [2.45, 2.75) is 19.8 Å². The molecular weight excluding hydrogens is 454 g/mol. The number of para-hydroxylation sites is 1. The molecule has 0 spiro atoms. The predicted octanol–water partition coefficient (Wildman–Crippen LogP) is 5.59. The van der Waals surface area contributed by atoms with Gasteiger partial charge in [0.05, 0.1) is 17.3 Å². The summed E-state index contributed by atoms with van der Waals surface area (Å²) in [6.07, 6.45) is 1.21. The smallest absolute Gasteiger partial charge is 0.243 e. The van der Waals surface area contributed by atoms with E-state index in [0.717, 1.165) is 12.2 Å². The lowest BCUT2D eigenvalue weighted by molar-refractivity contribution is -0.116. The van der Waals surface area contributed by atoms with Crippen molar-refractivity contribution in [1.82, 2.24) is 0 Å². The number of nitrogens with one attached hydrogen (secondary N) is 3. The van der Waals surface area contributed by atoms with Gasteiger partial charge < -0.3 is 25.4 Å². The quantitative estimate of drug-likeness (QED) is 0.293. The lowest BCUT2D eigenvalue weighted by Gasteiger charge is -2.12. The normalized spacial score (nSPS) is 10.3. The zero-order valence-corrected chi connectivity index (χ0v) is 19.7. The summed E-state index contributed by atoms with van der Waals surface area (Å²) in [7, 11) is 0. The Morgan fingerprint density at radius 2 is 1.41 bits per heavy atom. The summed E-state index contributed by atoms with van der Waals surface area (Å²) in [6.45, 7) is 2.79. The number of hydrogen-bond acceptors (Lipinski definition) is 5. The first kappa shape index (κ1) is 24.9. The summed E-state index contributed by atoms with van der Waals surface area (Å²) in [5.74, 6) is 1.18. The van der Waals surface area contributed by atoms with E-state index in [1.54, 1.807) is 42.5 Å². The van der Waals surface area contributed by atoms with Crippen LogP contribution in [0.5, 0.6) is 11.5 Å². The molecule has 178 valence electrons. The number of carbonyl (C=O) groups is 2. The Morgan fingerprint density at radius 1 is 0.794 bits per heavy atom. The van der Waals surface area contributed by atoms with Crippen molar-refractivity contribution in [2.24, 2.45) is 0 Å². The summed E-state index contributed by atoms with van der Waals surface area (Å²) in [5.41, 5.74) is 1.83. The summed E-state index contributed by atoms with van der Waals surface area (Å²) in [5, 5.41) is 9.09. The maximum absolute atomic E-state index is 12.3. The molecule has 3 aromatic carbocycles. The van der Waals surface area contributed by atoms with Crippen LogP contribution in [0, 0.1) is 0 Å². The topological polar surface area (TPSA) is 88.7 Å². The van der Waals surface area contributed by atoms with Crippen molar-refractivity contribution in [3.05, 3.63) is 77.8 Å². The largest absolute Gasteiger partial charge is 0.490 e. The molecule has 3 N–H and O–H groups in total. The highest BCUT2D eigenvalue weighted by Gasteiger charge is 2.08. The van der Waals surface area contributed by atoms with Gasteiger partial charge in [0, 0.05) is 17.8 Å². The summed E-state index contributed by atoms with van der Waals surface area (Å²) >= 11 is 6.21. The lowest BCUT2D eigenvalue weighted by atomic mass is 10.2. The minimum absolute atomic E-state index is 0.0150. The van der Waals surface area contributed by atoms with Crippen LogP contribution in [0.15, 0.2) is 72.8 Å². The second kappa shape index (κ2) is 13.1. The van der Waals surface area contributed by atoms with Crippen molar-refractivity contribution in [3.8, 4) is 11.5 Å². The zero-order valence-electron chi connectivity index (χ0n) is 19.0. The monoisotopic (exact) mass is 481 g/mol. The third-order valence-corrected chi connectivity index (χ3v) is 5.00. The molecule has 0 saturated heterocycles.